The second-order valence-corrected chi connectivity index (χ2v) is 5.43. The average Bonchev–Trinajstić information content (AvgIpc) is 2.69. The van der Waals surface area contributed by atoms with Gasteiger partial charge in [-0.2, -0.15) is 0 Å². The van der Waals surface area contributed by atoms with E-state index < -0.39 is 5.60 Å². The number of H-pyrrole nitrogens is 1. The lowest BCUT2D eigenvalue weighted by molar-refractivity contribution is -0.0300. The summed E-state index contributed by atoms with van der Waals surface area (Å²) in [5.41, 5.74) is 1.82. The number of fused-ring (bicyclic) bond motifs is 1. The Kier molecular flexibility index (Phi) is 2.82. The lowest BCUT2D eigenvalue weighted by Crippen LogP contribution is -2.47. The first-order valence-electron chi connectivity index (χ1n) is 6.67. The van der Waals surface area contributed by atoms with Crippen molar-refractivity contribution in [3.63, 3.8) is 0 Å². The molecule has 0 saturated heterocycles. The number of benzene rings is 1. The predicted molar refractivity (Wildman–Crippen MR) is 74.2 cm³/mol. The molecule has 0 radical (unpaired) electrons. The summed E-state index contributed by atoms with van der Waals surface area (Å²) in [6.45, 7) is 2.23. The summed E-state index contributed by atoms with van der Waals surface area (Å²) in [5.74, 6) is -0.115. The fourth-order valence-electron chi connectivity index (χ4n) is 2.66. The highest BCUT2D eigenvalue weighted by Gasteiger charge is 2.34. The first-order chi connectivity index (χ1) is 9.09. The number of hydrogen-bond donors (Lipinski definition) is 3. The zero-order valence-electron chi connectivity index (χ0n) is 11.0. The number of hydrogen-bond acceptors (Lipinski definition) is 2. The summed E-state index contributed by atoms with van der Waals surface area (Å²) < 4.78 is 0. The van der Waals surface area contributed by atoms with Crippen molar-refractivity contribution in [2.75, 3.05) is 6.54 Å². The Labute approximate surface area is 111 Å². The number of aliphatic hydroxyl groups is 1. The highest BCUT2D eigenvalue weighted by Crippen LogP contribution is 2.31. The Morgan fingerprint density at radius 2 is 2.16 bits per heavy atom. The van der Waals surface area contributed by atoms with Gasteiger partial charge in [-0.25, -0.2) is 0 Å². The van der Waals surface area contributed by atoms with Crippen LogP contribution < -0.4 is 5.32 Å². The van der Waals surface area contributed by atoms with Crippen molar-refractivity contribution in [2.24, 2.45) is 0 Å². The zero-order valence-corrected chi connectivity index (χ0v) is 11.0. The lowest BCUT2D eigenvalue weighted by Gasteiger charge is -2.36. The molecule has 0 bridgehead atoms. The number of carbonyl (C=O) groups is 1. The van der Waals surface area contributed by atoms with Crippen LogP contribution in [0.2, 0.25) is 0 Å². The second-order valence-electron chi connectivity index (χ2n) is 5.43. The topological polar surface area (TPSA) is 65.1 Å². The van der Waals surface area contributed by atoms with Crippen molar-refractivity contribution in [2.45, 2.75) is 31.8 Å². The van der Waals surface area contributed by atoms with Gasteiger partial charge >= 0.3 is 0 Å². The van der Waals surface area contributed by atoms with Crippen molar-refractivity contribution in [1.82, 2.24) is 10.3 Å². The van der Waals surface area contributed by atoms with Gasteiger partial charge in [-0.1, -0.05) is 18.2 Å². The molecule has 1 saturated carbocycles. The number of aryl methyl sites for hydroxylation is 1. The van der Waals surface area contributed by atoms with E-state index in [1.807, 2.05) is 31.2 Å². The molecule has 100 valence electrons. The zero-order chi connectivity index (χ0) is 13.5. The highest BCUT2D eigenvalue weighted by molar-refractivity contribution is 6.08. The summed E-state index contributed by atoms with van der Waals surface area (Å²) in [4.78, 5) is 15.5. The number of nitrogens with one attached hydrogen (secondary N) is 2. The van der Waals surface area contributed by atoms with E-state index in [1.54, 1.807) is 0 Å². The van der Waals surface area contributed by atoms with Crippen LogP contribution >= 0.6 is 0 Å². The van der Waals surface area contributed by atoms with E-state index in [0.717, 1.165) is 35.9 Å². The monoisotopic (exact) mass is 258 g/mol. The molecule has 1 heterocycles. The molecule has 1 aromatic heterocycles. The van der Waals surface area contributed by atoms with E-state index in [9.17, 15) is 9.90 Å². The van der Waals surface area contributed by atoms with Crippen LogP contribution in [0.3, 0.4) is 0 Å². The molecule has 19 heavy (non-hydrogen) atoms. The third-order valence-corrected chi connectivity index (χ3v) is 3.98. The molecular weight excluding hydrogens is 240 g/mol. The van der Waals surface area contributed by atoms with Crippen LogP contribution in [-0.2, 0) is 0 Å². The smallest absolute Gasteiger partial charge is 0.253 e. The molecule has 0 unspecified atom stereocenters. The number of para-hydroxylation sites is 1. The fraction of sp³-hybridized carbons (Fsp3) is 0.400. The van der Waals surface area contributed by atoms with Crippen molar-refractivity contribution < 1.29 is 9.90 Å². The first kappa shape index (κ1) is 12.2. The van der Waals surface area contributed by atoms with E-state index in [-0.39, 0.29) is 5.91 Å². The fourth-order valence-corrected chi connectivity index (χ4v) is 2.66. The maximum atomic E-state index is 12.3. The van der Waals surface area contributed by atoms with Crippen LogP contribution in [0.1, 0.15) is 35.3 Å². The van der Waals surface area contributed by atoms with Crippen molar-refractivity contribution in [3.05, 3.63) is 35.5 Å². The van der Waals surface area contributed by atoms with Crippen LogP contribution in [-0.4, -0.2) is 28.1 Å². The van der Waals surface area contributed by atoms with Gasteiger partial charge < -0.3 is 15.4 Å². The quantitative estimate of drug-likeness (QED) is 0.789. The molecule has 1 aliphatic carbocycles. The van der Waals surface area contributed by atoms with Gasteiger partial charge in [-0.3, -0.25) is 4.79 Å². The third kappa shape index (κ3) is 2.12. The van der Waals surface area contributed by atoms with E-state index >= 15 is 0 Å². The lowest BCUT2D eigenvalue weighted by atomic mass is 9.80. The average molecular weight is 258 g/mol. The Bertz CT molecular complexity index is 626. The van der Waals surface area contributed by atoms with Gasteiger partial charge in [0.15, 0.2) is 0 Å². The Morgan fingerprint density at radius 3 is 2.84 bits per heavy atom. The standard InChI is InChI=1S/C15H18N2O2/c1-10-13(11-5-2-3-6-12(11)17-10)14(18)16-9-15(19)7-4-8-15/h2-3,5-6,17,19H,4,7-9H2,1H3,(H,16,18). The van der Waals surface area contributed by atoms with Crippen LogP contribution in [0.4, 0.5) is 0 Å². The number of carbonyl (C=O) groups excluding carboxylic acids is 1. The van der Waals surface area contributed by atoms with E-state index in [0.29, 0.717) is 12.1 Å². The summed E-state index contributed by atoms with van der Waals surface area (Å²) in [6.07, 6.45) is 2.60. The number of rotatable bonds is 3. The molecular formula is C15H18N2O2. The second kappa shape index (κ2) is 4.38. The molecule has 3 N–H and O–H groups in total. The SMILES string of the molecule is Cc1[nH]c2ccccc2c1C(=O)NCC1(O)CCC1. The number of aromatic nitrogens is 1. The Balaban J connectivity index is 1.83. The highest BCUT2D eigenvalue weighted by atomic mass is 16.3. The summed E-state index contributed by atoms with van der Waals surface area (Å²) in [7, 11) is 0. The summed E-state index contributed by atoms with van der Waals surface area (Å²) >= 11 is 0. The van der Waals surface area contributed by atoms with Crippen LogP contribution in [0.25, 0.3) is 10.9 Å². The third-order valence-electron chi connectivity index (χ3n) is 3.98. The minimum atomic E-state index is -0.685. The molecule has 4 nitrogen and oxygen atoms in total. The Morgan fingerprint density at radius 1 is 1.42 bits per heavy atom. The van der Waals surface area contributed by atoms with Crippen LogP contribution in [0.15, 0.2) is 24.3 Å². The molecule has 2 aromatic rings. The molecule has 0 spiro atoms. The molecule has 1 amide bonds. The van der Waals surface area contributed by atoms with E-state index in [2.05, 4.69) is 10.3 Å². The molecule has 0 aliphatic heterocycles. The normalized spacial score (nSPS) is 17.2. The van der Waals surface area contributed by atoms with Gasteiger partial charge in [0, 0.05) is 23.1 Å². The number of amides is 1. The maximum Gasteiger partial charge on any atom is 0.253 e. The minimum Gasteiger partial charge on any atom is -0.388 e. The molecule has 1 aromatic carbocycles. The van der Waals surface area contributed by atoms with Gasteiger partial charge in [0.1, 0.15) is 0 Å². The number of aromatic amines is 1. The molecule has 1 fully saturated rings. The van der Waals surface area contributed by atoms with Crippen molar-refractivity contribution in [1.29, 1.82) is 0 Å². The maximum absolute atomic E-state index is 12.3. The van der Waals surface area contributed by atoms with Crippen molar-refractivity contribution >= 4 is 16.8 Å². The minimum absolute atomic E-state index is 0.115. The van der Waals surface area contributed by atoms with Crippen LogP contribution in [0.5, 0.6) is 0 Å². The summed E-state index contributed by atoms with van der Waals surface area (Å²) in [6, 6.07) is 7.76. The molecule has 0 atom stereocenters. The van der Waals surface area contributed by atoms with Gasteiger partial charge in [-0.15, -0.1) is 0 Å². The van der Waals surface area contributed by atoms with E-state index in [1.165, 1.54) is 0 Å². The first-order valence-corrected chi connectivity index (χ1v) is 6.67. The van der Waals surface area contributed by atoms with Gasteiger partial charge in [0.05, 0.1) is 11.2 Å². The Hall–Kier alpha value is -1.81. The van der Waals surface area contributed by atoms with Gasteiger partial charge in [-0.05, 0) is 32.3 Å². The molecule has 3 rings (SSSR count). The summed E-state index contributed by atoms with van der Waals surface area (Å²) in [5, 5.41) is 13.8. The van der Waals surface area contributed by atoms with Crippen LogP contribution in [0, 0.1) is 6.92 Å². The van der Waals surface area contributed by atoms with Gasteiger partial charge in [0.2, 0.25) is 0 Å². The molecule has 1 aliphatic rings. The molecule has 4 heteroatoms. The largest absolute Gasteiger partial charge is 0.388 e. The van der Waals surface area contributed by atoms with E-state index in [4.69, 9.17) is 0 Å². The van der Waals surface area contributed by atoms with Gasteiger partial charge in [0.25, 0.3) is 5.91 Å². The van der Waals surface area contributed by atoms with Crippen molar-refractivity contribution in [3.8, 4) is 0 Å². The predicted octanol–water partition coefficient (Wildman–Crippen LogP) is 2.12.